The van der Waals surface area contributed by atoms with Crippen LogP contribution in [0.25, 0.3) is 11.5 Å². The summed E-state index contributed by atoms with van der Waals surface area (Å²) in [6, 6.07) is 25.1. The first kappa shape index (κ1) is 17.9. The number of nitrogens with zero attached hydrogens (tertiary/aromatic N) is 2. The molecule has 5 nitrogen and oxygen atoms in total. The van der Waals surface area contributed by atoms with E-state index in [1.807, 2.05) is 60.7 Å². The molecule has 0 aliphatic heterocycles. The minimum absolute atomic E-state index is 0.259. The Balaban J connectivity index is 1.66. The Morgan fingerprint density at radius 3 is 2.18 bits per heavy atom. The van der Waals surface area contributed by atoms with Crippen LogP contribution in [0.1, 0.15) is 27.9 Å². The zero-order valence-electron chi connectivity index (χ0n) is 14.7. The molecule has 0 unspecified atom stereocenters. The number of hydrogen-bond acceptors (Lipinski definition) is 4. The number of rotatable bonds is 5. The fraction of sp³-hybridized carbons (Fsp3) is 0.0455. The highest BCUT2D eigenvalue weighted by atomic mass is 35.5. The van der Waals surface area contributed by atoms with Gasteiger partial charge in [0, 0.05) is 16.1 Å². The lowest BCUT2D eigenvalue weighted by atomic mass is 10.1. The van der Waals surface area contributed by atoms with E-state index in [1.54, 1.807) is 24.3 Å². The molecule has 3 aromatic carbocycles. The SMILES string of the molecule is O=C(N[C@H](c1ccccc1)c1nnc(-c2ccccc2)o1)c1ccc(Cl)cc1. The van der Waals surface area contributed by atoms with Crippen LogP contribution in [0.4, 0.5) is 0 Å². The van der Waals surface area contributed by atoms with E-state index in [1.165, 1.54) is 0 Å². The first-order chi connectivity index (χ1) is 13.7. The maximum absolute atomic E-state index is 12.7. The Bertz CT molecular complexity index is 1060. The molecule has 6 heteroatoms. The highest BCUT2D eigenvalue weighted by Crippen LogP contribution is 2.25. The third-order valence-electron chi connectivity index (χ3n) is 4.22. The Morgan fingerprint density at radius 2 is 1.50 bits per heavy atom. The molecule has 1 amide bonds. The summed E-state index contributed by atoms with van der Waals surface area (Å²) >= 11 is 5.91. The molecule has 0 saturated carbocycles. The third kappa shape index (κ3) is 3.94. The summed E-state index contributed by atoms with van der Waals surface area (Å²) in [6.07, 6.45) is 0. The molecule has 138 valence electrons. The largest absolute Gasteiger partial charge is 0.418 e. The summed E-state index contributed by atoms with van der Waals surface area (Å²) in [5, 5.41) is 11.9. The number of carbonyl (C=O) groups is 1. The Labute approximate surface area is 167 Å². The van der Waals surface area contributed by atoms with Crippen LogP contribution < -0.4 is 5.32 Å². The smallest absolute Gasteiger partial charge is 0.252 e. The second kappa shape index (κ2) is 8.06. The van der Waals surface area contributed by atoms with E-state index in [0.29, 0.717) is 22.4 Å². The highest BCUT2D eigenvalue weighted by molar-refractivity contribution is 6.30. The van der Waals surface area contributed by atoms with Crippen LogP contribution in [-0.2, 0) is 0 Å². The van der Waals surface area contributed by atoms with E-state index in [9.17, 15) is 4.79 Å². The van der Waals surface area contributed by atoms with Gasteiger partial charge in [0.05, 0.1) is 0 Å². The van der Waals surface area contributed by atoms with Crippen LogP contribution in [-0.4, -0.2) is 16.1 Å². The summed E-state index contributed by atoms with van der Waals surface area (Å²) in [6.45, 7) is 0. The maximum Gasteiger partial charge on any atom is 0.252 e. The molecule has 0 radical (unpaired) electrons. The highest BCUT2D eigenvalue weighted by Gasteiger charge is 2.24. The second-order valence-corrected chi connectivity index (χ2v) is 6.57. The van der Waals surface area contributed by atoms with Gasteiger partial charge in [-0.1, -0.05) is 60.1 Å². The maximum atomic E-state index is 12.7. The Kier molecular flexibility index (Phi) is 5.17. The number of benzene rings is 3. The van der Waals surface area contributed by atoms with E-state index in [2.05, 4.69) is 15.5 Å². The van der Waals surface area contributed by atoms with E-state index in [-0.39, 0.29) is 5.91 Å². The molecule has 0 saturated heterocycles. The molecule has 0 fully saturated rings. The predicted octanol–water partition coefficient (Wildman–Crippen LogP) is 4.91. The number of halogens is 1. The third-order valence-corrected chi connectivity index (χ3v) is 4.48. The lowest BCUT2D eigenvalue weighted by Crippen LogP contribution is -2.29. The molecule has 1 heterocycles. The number of amides is 1. The van der Waals surface area contributed by atoms with Crippen molar-refractivity contribution in [2.75, 3.05) is 0 Å². The van der Waals surface area contributed by atoms with Gasteiger partial charge in [-0.15, -0.1) is 10.2 Å². The molecule has 4 rings (SSSR count). The first-order valence-electron chi connectivity index (χ1n) is 8.71. The summed E-state index contributed by atoms with van der Waals surface area (Å²) in [4.78, 5) is 12.7. The molecule has 1 N–H and O–H groups in total. The molecule has 0 aliphatic rings. The molecule has 0 spiro atoms. The first-order valence-corrected chi connectivity index (χ1v) is 9.09. The van der Waals surface area contributed by atoms with Crippen LogP contribution in [0.2, 0.25) is 5.02 Å². The van der Waals surface area contributed by atoms with Crippen molar-refractivity contribution in [2.45, 2.75) is 6.04 Å². The van der Waals surface area contributed by atoms with E-state index in [0.717, 1.165) is 11.1 Å². The van der Waals surface area contributed by atoms with Crippen molar-refractivity contribution in [2.24, 2.45) is 0 Å². The van der Waals surface area contributed by atoms with Gasteiger partial charge in [0.25, 0.3) is 5.91 Å². The van der Waals surface area contributed by atoms with Gasteiger partial charge >= 0.3 is 0 Å². The van der Waals surface area contributed by atoms with Crippen LogP contribution in [0, 0.1) is 0 Å². The van der Waals surface area contributed by atoms with E-state index >= 15 is 0 Å². The summed E-state index contributed by atoms with van der Waals surface area (Å²) < 4.78 is 5.88. The minimum atomic E-state index is -0.575. The van der Waals surface area contributed by atoms with Crippen molar-refractivity contribution in [3.05, 3.63) is 107 Å². The van der Waals surface area contributed by atoms with E-state index < -0.39 is 6.04 Å². The molecule has 1 atom stereocenters. The number of hydrogen-bond donors (Lipinski definition) is 1. The standard InChI is InChI=1S/C22H16ClN3O2/c23-18-13-11-16(12-14-18)20(27)24-19(15-7-3-1-4-8-15)22-26-25-21(28-22)17-9-5-2-6-10-17/h1-14,19H,(H,24,27)/t19-/m1/s1. The molecular weight excluding hydrogens is 374 g/mol. The average Bonchev–Trinajstić information content (AvgIpc) is 3.23. The normalized spacial score (nSPS) is 11.8. The van der Waals surface area contributed by atoms with Crippen LogP contribution in [0.3, 0.4) is 0 Å². The van der Waals surface area contributed by atoms with Crippen molar-refractivity contribution in [1.29, 1.82) is 0 Å². The zero-order valence-corrected chi connectivity index (χ0v) is 15.5. The Morgan fingerprint density at radius 1 is 0.857 bits per heavy atom. The van der Waals surface area contributed by atoms with Crippen LogP contribution in [0.5, 0.6) is 0 Å². The number of carbonyl (C=O) groups excluding carboxylic acids is 1. The molecular formula is C22H16ClN3O2. The molecule has 1 aromatic heterocycles. The minimum Gasteiger partial charge on any atom is -0.418 e. The topological polar surface area (TPSA) is 68.0 Å². The van der Waals surface area contributed by atoms with Crippen LogP contribution >= 0.6 is 11.6 Å². The second-order valence-electron chi connectivity index (χ2n) is 6.14. The quantitative estimate of drug-likeness (QED) is 0.526. The van der Waals surface area contributed by atoms with Gasteiger partial charge in [-0.3, -0.25) is 4.79 Å². The monoisotopic (exact) mass is 389 g/mol. The van der Waals surface area contributed by atoms with Crippen molar-refractivity contribution in [1.82, 2.24) is 15.5 Å². The fourth-order valence-corrected chi connectivity index (χ4v) is 2.92. The van der Waals surface area contributed by atoms with Crippen LogP contribution in [0.15, 0.2) is 89.3 Å². The van der Waals surface area contributed by atoms with Gasteiger partial charge in [0.15, 0.2) is 0 Å². The van der Waals surface area contributed by atoms with Gasteiger partial charge in [-0.2, -0.15) is 0 Å². The number of nitrogens with one attached hydrogen (secondary N) is 1. The van der Waals surface area contributed by atoms with Crippen molar-refractivity contribution in [3.8, 4) is 11.5 Å². The Hall–Kier alpha value is -3.44. The molecule has 28 heavy (non-hydrogen) atoms. The number of aromatic nitrogens is 2. The van der Waals surface area contributed by atoms with Crippen molar-refractivity contribution < 1.29 is 9.21 Å². The van der Waals surface area contributed by atoms with Gasteiger partial charge in [-0.05, 0) is 42.0 Å². The summed E-state index contributed by atoms with van der Waals surface area (Å²) in [5.41, 5.74) is 2.15. The summed E-state index contributed by atoms with van der Waals surface area (Å²) in [5.74, 6) is 0.453. The fourth-order valence-electron chi connectivity index (χ4n) is 2.80. The lowest BCUT2D eigenvalue weighted by molar-refractivity contribution is 0.0938. The van der Waals surface area contributed by atoms with Gasteiger partial charge in [-0.25, -0.2) is 0 Å². The molecule has 4 aromatic rings. The molecule has 0 bridgehead atoms. The summed E-state index contributed by atoms with van der Waals surface area (Å²) in [7, 11) is 0. The van der Waals surface area contributed by atoms with E-state index in [4.69, 9.17) is 16.0 Å². The van der Waals surface area contributed by atoms with Crippen molar-refractivity contribution in [3.63, 3.8) is 0 Å². The van der Waals surface area contributed by atoms with Gasteiger partial charge in [0.2, 0.25) is 11.8 Å². The predicted molar refractivity (Wildman–Crippen MR) is 107 cm³/mol. The average molecular weight is 390 g/mol. The molecule has 0 aliphatic carbocycles. The zero-order chi connectivity index (χ0) is 19.3. The van der Waals surface area contributed by atoms with Gasteiger partial charge < -0.3 is 9.73 Å². The lowest BCUT2D eigenvalue weighted by Gasteiger charge is -2.15. The van der Waals surface area contributed by atoms with Gasteiger partial charge in [0.1, 0.15) is 6.04 Å². The van der Waals surface area contributed by atoms with Crippen molar-refractivity contribution >= 4 is 17.5 Å².